The number of hydrogen-bond donors (Lipinski definition) is 1. The number of nitro groups is 1. The molecule has 0 fully saturated rings. The normalized spacial score (nSPS) is 10.5. The number of thiophene rings is 1. The third-order valence-corrected chi connectivity index (χ3v) is 5.37. The van der Waals surface area contributed by atoms with Crippen LogP contribution in [0.2, 0.25) is 0 Å². The van der Waals surface area contributed by atoms with E-state index in [0.717, 1.165) is 11.3 Å². The summed E-state index contributed by atoms with van der Waals surface area (Å²) in [5.74, 6) is -0.969. The summed E-state index contributed by atoms with van der Waals surface area (Å²) < 4.78 is 6.59. The maximum Gasteiger partial charge on any atom is 0.349 e. The molecule has 0 aliphatic carbocycles. The van der Waals surface area contributed by atoms with Crippen molar-refractivity contribution in [3.63, 3.8) is 0 Å². The number of esters is 1. The van der Waals surface area contributed by atoms with Gasteiger partial charge in [0.25, 0.3) is 5.91 Å². The summed E-state index contributed by atoms with van der Waals surface area (Å²) in [4.78, 5) is 34.7. The third-order valence-electron chi connectivity index (χ3n) is 4.35. The number of benzene rings is 2. The largest absolute Gasteiger partial charge is 0.451 e. The molecular formula is C22H16N4O5S. The predicted octanol–water partition coefficient (Wildman–Crippen LogP) is 4.30. The molecule has 1 N–H and O–H groups in total. The lowest BCUT2D eigenvalue weighted by atomic mass is 10.2. The van der Waals surface area contributed by atoms with Crippen LogP contribution in [0.1, 0.15) is 9.67 Å². The number of nitrogens with zero attached hydrogens (tertiary/aromatic N) is 3. The molecule has 0 saturated heterocycles. The van der Waals surface area contributed by atoms with Crippen molar-refractivity contribution in [2.45, 2.75) is 0 Å². The van der Waals surface area contributed by atoms with E-state index in [0.29, 0.717) is 22.8 Å². The van der Waals surface area contributed by atoms with Crippen molar-refractivity contribution in [1.29, 1.82) is 0 Å². The lowest BCUT2D eigenvalue weighted by Crippen LogP contribution is -2.22. The van der Waals surface area contributed by atoms with Gasteiger partial charge in [-0.3, -0.25) is 14.9 Å². The van der Waals surface area contributed by atoms with Gasteiger partial charge in [-0.05, 0) is 18.2 Å². The standard InChI is InChI=1S/C22H16N4O5S/c27-20(14-31-22(28)18-11-12-21(32-18)26(29)30)23-19-13-17(15-7-3-1-4-8-15)24-25(19)16-9-5-2-6-10-16/h1-13H,14H2,(H,23,27). The highest BCUT2D eigenvalue weighted by atomic mass is 32.1. The number of aromatic nitrogens is 2. The number of amides is 1. The molecule has 32 heavy (non-hydrogen) atoms. The Balaban J connectivity index is 1.50. The van der Waals surface area contributed by atoms with Gasteiger partial charge in [-0.2, -0.15) is 5.10 Å². The Morgan fingerprint density at radius 3 is 2.38 bits per heavy atom. The van der Waals surface area contributed by atoms with E-state index < -0.39 is 23.4 Å². The van der Waals surface area contributed by atoms with Crippen molar-refractivity contribution in [3.8, 4) is 16.9 Å². The number of anilines is 1. The summed E-state index contributed by atoms with van der Waals surface area (Å²) in [7, 11) is 0. The van der Waals surface area contributed by atoms with Crippen molar-refractivity contribution in [2.24, 2.45) is 0 Å². The molecule has 0 unspecified atom stereocenters. The summed E-state index contributed by atoms with van der Waals surface area (Å²) >= 11 is 0.686. The number of carbonyl (C=O) groups is 2. The Labute approximate surface area is 186 Å². The first-order chi connectivity index (χ1) is 15.5. The van der Waals surface area contributed by atoms with Crippen molar-refractivity contribution in [2.75, 3.05) is 11.9 Å². The first-order valence-electron chi connectivity index (χ1n) is 9.43. The molecule has 2 heterocycles. The van der Waals surface area contributed by atoms with Crippen LogP contribution in [-0.2, 0) is 9.53 Å². The van der Waals surface area contributed by atoms with E-state index in [2.05, 4.69) is 10.4 Å². The molecule has 0 atom stereocenters. The first kappa shape index (κ1) is 20.9. The van der Waals surface area contributed by atoms with Crippen LogP contribution < -0.4 is 5.32 Å². The highest BCUT2D eigenvalue weighted by molar-refractivity contribution is 7.17. The van der Waals surface area contributed by atoms with E-state index in [1.165, 1.54) is 12.1 Å². The average Bonchev–Trinajstić information content (AvgIpc) is 3.47. The highest BCUT2D eigenvalue weighted by Gasteiger charge is 2.19. The quantitative estimate of drug-likeness (QED) is 0.256. The van der Waals surface area contributed by atoms with Gasteiger partial charge in [0.2, 0.25) is 0 Å². The van der Waals surface area contributed by atoms with Crippen LogP contribution in [0.15, 0.2) is 78.9 Å². The molecule has 9 nitrogen and oxygen atoms in total. The maximum atomic E-state index is 12.5. The van der Waals surface area contributed by atoms with Crippen LogP contribution in [0.25, 0.3) is 16.9 Å². The van der Waals surface area contributed by atoms with E-state index in [-0.39, 0.29) is 9.88 Å². The average molecular weight is 448 g/mol. The van der Waals surface area contributed by atoms with Gasteiger partial charge in [0.05, 0.1) is 16.3 Å². The Hall–Kier alpha value is -4.31. The summed E-state index contributed by atoms with van der Waals surface area (Å²) in [5.41, 5.74) is 2.28. The van der Waals surface area contributed by atoms with Crippen LogP contribution in [0.4, 0.5) is 10.8 Å². The Kier molecular flexibility index (Phi) is 6.04. The third kappa shape index (κ3) is 4.71. The van der Waals surface area contributed by atoms with Crippen molar-refractivity contribution >= 4 is 34.0 Å². The number of hydrogen-bond acceptors (Lipinski definition) is 7. The van der Waals surface area contributed by atoms with Gasteiger partial charge in [-0.25, -0.2) is 9.48 Å². The Bertz CT molecular complexity index is 1270. The molecule has 0 aliphatic rings. The highest BCUT2D eigenvalue weighted by Crippen LogP contribution is 2.26. The zero-order valence-corrected chi connectivity index (χ0v) is 17.3. The number of rotatable bonds is 7. The number of nitrogens with one attached hydrogen (secondary N) is 1. The monoisotopic (exact) mass is 448 g/mol. The lowest BCUT2D eigenvalue weighted by Gasteiger charge is -2.09. The molecule has 10 heteroatoms. The zero-order chi connectivity index (χ0) is 22.5. The second-order valence-corrected chi connectivity index (χ2v) is 7.61. The molecule has 4 rings (SSSR count). The lowest BCUT2D eigenvalue weighted by molar-refractivity contribution is -0.380. The summed E-state index contributed by atoms with van der Waals surface area (Å²) in [6.07, 6.45) is 0. The first-order valence-corrected chi connectivity index (χ1v) is 10.2. The van der Waals surface area contributed by atoms with Crippen LogP contribution in [0.5, 0.6) is 0 Å². The fourth-order valence-corrected chi connectivity index (χ4v) is 3.62. The Morgan fingerprint density at radius 1 is 1.03 bits per heavy atom. The second-order valence-electron chi connectivity index (χ2n) is 6.55. The smallest absolute Gasteiger partial charge is 0.349 e. The molecule has 1 amide bonds. The van der Waals surface area contributed by atoms with E-state index >= 15 is 0 Å². The van der Waals surface area contributed by atoms with Crippen LogP contribution in [0.3, 0.4) is 0 Å². The molecule has 160 valence electrons. The van der Waals surface area contributed by atoms with Gasteiger partial charge >= 0.3 is 11.0 Å². The molecule has 2 aromatic heterocycles. The minimum absolute atomic E-state index is 0.0465. The summed E-state index contributed by atoms with van der Waals surface area (Å²) in [6, 6.07) is 23.0. The van der Waals surface area contributed by atoms with Gasteiger partial charge in [0.1, 0.15) is 10.7 Å². The molecular weight excluding hydrogens is 432 g/mol. The molecule has 0 bridgehead atoms. The van der Waals surface area contributed by atoms with Crippen LogP contribution in [-0.4, -0.2) is 33.2 Å². The topological polar surface area (TPSA) is 116 Å². The number of para-hydroxylation sites is 1. The van der Waals surface area contributed by atoms with Crippen LogP contribution in [0, 0.1) is 10.1 Å². The fraction of sp³-hybridized carbons (Fsp3) is 0.0455. The SMILES string of the molecule is O=C(COC(=O)c1ccc([N+](=O)[O-])s1)Nc1cc(-c2ccccc2)nn1-c1ccccc1. The van der Waals surface area contributed by atoms with E-state index in [1.807, 2.05) is 60.7 Å². The second kappa shape index (κ2) is 9.23. The summed E-state index contributed by atoms with van der Waals surface area (Å²) in [6.45, 7) is -0.550. The van der Waals surface area contributed by atoms with Crippen molar-refractivity contribution < 1.29 is 19.2 Å². The molecule has 0 radical (unpaired) electrons. The summed E-state index contributed by atoms with van der Waals surface area (Å²) in [5, 5.41) is 17.9. The van der Waals surface area contributed by atoms with Gasteiger partial charge in [-0.15, -0.1) is 0 Å². The zero-order valence-electron chi connectivity index (χ0n) is 16.5. The molecule has 2 aromatic carbocycles. The minimum Gasteiger partial charge on any atom is -0.451 e. The Morgan fingerprint density at radius 2 is 1.72 bits per heavy atom. The molecule has 0 aliphatic heterocycles. The van der Waals surface area contributed by atoms with Gasteiger partial charge in [0, 0.05) is 17.7 Å². The maximum absolute atomic E-state index is 12.5. The number of carbonyl (C=O) groups excluding carboxylic acids is 2. The fourth-order valence-electron chi connectivity index (χ4n) is 2.90. The van der Waals surface area contributed by atoms with Crippen molar-refractivity contribution in [3.05, 3.63) is 93.9 Å². The van der Waals surface area contributed by atoms with Gasteiger partial charge in [0.15, 0.2) is 6.61 Å². The molecule has 0 saturated carbocycles. The number of ether oxygens (including phenoxy) is 1. The van der Waals surface area contributed by atoms with E-state index in [4.69, 9.17) is 4.74 Å². The predicted molar refractivity (Wildman–Crippen MR) is 119 cm³/mol. The van der Waals surface area contributed by atoms with E-state index in [1.54, 1.807) is 10.7 Å². The van der Waals surface area contributed by atoms with Gasteiger partial charge < -0.3 is 10.1 Å². The van der Waals surface area contributed by atoms with E-state index in [9.17, 15) is 19.7 Å². The molecule has 0 spiro atoms. The van der Waals surface area contributed by atoms with Gasteiger partial charge in [-0.1, -0.05) is 59.9 Å². The molecule has 4 aromatic rings. The van der Waals surface area contributed by atoms with Crippen molar-refractivity contribution in [1.82, 2.24) is 9.78 Å². The minimum atomic E-state index is -0.806. The van der Waals surface area contributed by atoms with Crippen LogP contribution >= 0.6 is 11.3 Å².